The molecule has 1 rings (SSSR count). The molecule has 0 saturated carbocycles. The molecule has 0 fully saturated rings. The first-order chi connectivity index (χ1) is 8.17. The molecule has 0 aromatic carbocycles. The minimum absolute atomic E-state index is 0.585. The Morgan fingerprint density at radius 1 is 1.41 bits per heavy atom. The van der Waals surface area contributed by atoms with Crippen LogP contribution in [0, 0.1) is 5.92 Å². The summed E-state index contributed by atoms with van der Waals surface area (Å²) in [5.74, 6) is 1.86. The van der Waals surface area contributed by atoms with E-state index in [1.807, 2.05) is 11.7 Å². The van der Waals surface area contributed by atoms with E-state index in [0.29, 0.717) is 6.04 Å². The molecule has 4 nitrogen and oxygen atoms in total. The van der Waals surface area contributed by atoms with Crippen LogP contribution in [0.2, 0.25) is 0 Å². The second-order valence-corrected chi connectivity index (χ2v) is 5.05. The van der Waals surface area contributed by atoms with Crippen LogP contribution in [0.25, 0.3) is 0 Å². The van der Waals surface area contributed by atoms with Crippen molar-refractivity contribution >= 4 is 0 Å². The standard InChI is InChI=1S/C13H26N4/c1-5-8-17-13(15-10-16-17)7-6-12(14-4)9-11(2)3/h10-12,14H,5-9H2,1-4H3. The van der Waals surface area contributed by atoms with Crippen LogP contribution in [-0.2, 0) is 13.0 Å². The Labute approximate surface area is 105 Å². The van der Waals surface area contributed by atoms with E-state index in [-0.39, 0.29) is 0 Å². The second-order valence-electron chi connectivity index (χ2n) is 5.05. The largest absolute Gasteiger partial charge is 0.317 e. The van der Waals surface area contributed by atoms with Gasteiger partial charge in [0.15, 0.2) is 0 Å². The number of hydrogen-bond acceptors (Lipinski definition) is 3. The van der Waals surface area contributed by atoms with Gasteiger partial charge in [-0.05, 0) is 32.2 Å². The molecule has 0 aliphatic carbocycles. The van der Waals surface area contributed by atoms with Crippen molar-refractivity contribution in [2.75, 3.05) is 7.05 Å². The van der Waals surface area contributed by atoms with Crippen molar-refractivity contribution in [1.82, 2.24) is 20.1 Å². The number of nitrogens with one attached hydrogen (secondary N) is 1. The Kier molecular flexibility index (Phi) is 6.19. The number of aryl methyl sites for hydroxylation is 2. The van der Waals surface area contributed by atoms with E-state index in [9.17, 15) is 0 Å². The molecule has 1 aromatic heterocycles. The number of rotatable bonds is 8. The van der Waals surface area contributed by atoms with Gasteiger partial charge >= 0.3 is 0 Å². The summed E-state index contributed by atoms with van der Waals surface area (Å²) in [6, 6.07) is 0.585. The van der Waals surface area contributed by atoms with Crippen molar-refractivity contribution in [2.24, 2.45) is 5.92 Å². The maximum absolute atomic E-state index is 4.34. The highest BCUT2D eigenvalue weighted by atomic mass is 15.3. The third-order valence-electron chi connectivity index (χ3n) is 3.01. The van der Waals surface area contributed by atoms with E-state index in [0.717, 1.165) is 37.5 Å². The van der Waals surface area contributed by atoms with Gasteiger partial charge < -0.3 is 5.32 Å². The lowest BCUT2D eigenvalue weighted by molar-refractivity contribution is 0.414. The lowest BCUT2D eigenvalue weighted by atomic mass is 10.00. The molecule has 98 valence electrons. The Bertz CT molecular complexity index is 306. The van der Waals surface area contributed by atoms with E-state index in [1.54, 1.807) is 6.33 Å². The summed E-state index contributed by atoms with van der Waals surface area (Å²) in [7, 11) is 2.05. The first-order valence-electron chi connectivity index (χ1n) is 6.71. The van der Waals surface area contributed by atoms with Gasteiger partial charge in [-0.1, -0.05) is 20.8 Å². The SMILES string of the molecule is CCCn1ncnc1CCC(CC(C)C)NC. The fourth-order valence-electron chi connectivity index (χ4n) is 2.13. The van der Waals surface area contributed by atoms with Crippen LogP contribution in [0.3, 0.4) is 0 Å². The van der Waals surface area contributed by atoms with Crippen molar-refractivity contribution in [3.8, 4) is 0 Å². The first kappa shape index (κ1) is 14.2. The summed E-state index contributed by atoms with van der Waals surface area (Å²) in [6.07, 6.45) is 6.15. The van der Waals surface area contributed by atoms with Crippen molar-refractivity contribution < 1.29 is 0 Å². The van der Waals surface area contributed by atoms with E-state index < -0.39 is 0 Å². The van der Waals surface area contributed by atoms with Crippen molar-refractivity contribution in [3.63, 3.8) is 0 Å². The van der Waals surface area contributed by atoms with Crippen LogP contribution in [0.4, 0.5) is 0 Å². The third-order valence-corrected chi connectivity index (χ3v) is 3.01. The molecular formula is C13H26N4. The van der Waals surface area contributed by atoms with Crippen LogP contribution in [0.1, 0.15) is 45.9 Å². The molecule has 0 aliphatic heterocycles. The fraction of sp³-hybridized carbons (Fsp3) is 0.846. The highest BCUT2D eigenvalue weighted by Crippen LogP contribution is 2.10. The molecule has 1 unspecified atom stereocenters. The van der Waals surface area contributed by atoms with Gasteiger partial charge in [0.25, 0.3) is 0 Å². The normalized spacial score (nSPS) is 13.2. The second kappa shape index (κ2) is 7.43. The highest BCUT2D eigenvalue weighted by Gasteiger charge is 2.11. The maximum atomic E-state index is 4.34. The molecule has 0 amide bonds. The molecule has 1 atom stereocenters. The van der Waals surface area contributed by atoms with Crippen LogP contribution in [0.15, 0.2) is 6.33 Å². The lowest BCUT2D eigenvalue weighted by Gasteiger charge is -2.18. The minimum Gasteiger partial charge on any atom is -0.317 e. The van der Waals surface area contributed by atoms with Gasteiger partial charge in [-0.15, -0.1) is 0 Å². The van der Waals surface area contributed by atoms with Crippen LogP contribution in [-0.4, -0.2) is 27.9 Å². The average molecular weight is 238 g/mol. The summed E-state index contributed by atoms with van der Waals surface area (Å²) in [5.41, 5.74) is 0. The van der Waals surface area contributed by atoms with Crippen LogP contribution in [0.5, 0.6) is 0 Å². The van der Waals surface area contributed by atoms with Crippen molar-refractivity contribution in [1.29, 1.82) is 0 Å². The molecule has 1 heterocycles. The monoisotopic (exact) mass is 238 g/mol. The Hall–Kier alpha value is -0.900. The Balaban J connectivity index is 2.44. The summed E-state index contributed by atoms with van der Waals surface area (Å²) in [5, 5.41) is 7.65. The first-order valence-corrected chi connectivity index (χ1v) is 6.71. The third kappa shape index (κ3) is 4.86. The maximum Gasteiger partial charge on any atom is 0.138 e. The average Bonchev–Trinajstić information content (AvgIpc) is 2.72. The van der Waals surface area contributed by atoms with Gasteiger partial charge in [-0.3, -0.25) is 4.68 Å². The van der Waals surface area contributed by atoms with Crippen molar-refractivity contribution in [3.05, 3.63) is 12.2 Å². The molecule has 4 heteroatoms. The highest BCUT2D eigenvalue weighted by molar-refractivity contribution is 4.86. The lowest BCUT2D eigenvalue weighted by Crippen LogP contribution is -2.27. The van der Waals surface area contributed by atoms with Gasteiger partial charge in [0.1, 0.15) is 12.2 Å². The summed E-state index contributed by atoms with van der Waals surface area (Å²) < 4.78 is 2.03. The zero-order valence-corrected chi connectivity index (χ0v) is 11.6. The fourth-order valence-corrected chi connectivity index (χ4v) is 2.13. The van der Waals surface area contributed by atoms with Gasteiger partial charge in [0, 0.05) is 19.0 Å². The Morgan fingerprint density at radius 2 is 2.18 bits per heavy atom. The number of hydrogen-bond donors (Lipinski definition) is 1. The molecule has 0 bridgehead atoms. The molecule has 1 N–H and O–H groups in total. The minimum atomic E-state index is 0.585. The molecule has 17 heavy (non-hydrogen) atoms. The zero-order chi connectivity index (χ0) is 12.7. The molecule has 1 aromatic rings. The van der Waals surface area contributed by atoms with Gasteiger partial charge in [0.2, 0.25) is 0 Å². The number of nitrogens with zero attached hydrogens (tertiary/aromatic N) is 3. The smallest absolute Gasteiger partial charge is 0.138 e. The Morgan fingerprint density at radius 3 is 2.76 bits per heavy atom. The van der Waals surface area contributed by atoms with E-state index in [2.05, 4.69) is 36.2 Å². The summed E-state index contributed by atoms with van der Waals surface area (Å²) >= 11 is 0. The molecule has 0 spiro atoms. The van der Waals surface area contributed by atoms with E-state index in [1.165, 1.54) is 6.42 Å². The zero-order valence-electron chi connectivity index (χ0n) is 11.6. The molecule has 0 saturated heterocycles. The summed E-state index contributed by atoms with van der Waals surface area (Å²) in [4.78, 5) is 4.34. The van der Waals surface area contributed by atoms with Crippen LogP contribution < -0.4 is 5.32 Å². The van der Waals surface area contributed by atoms with Crippen molar-refractivity contribution in [2.45, 2.75) is 59.0 Å². The van der Waals surface area contributed by atoms with E-state index in [4.69, 9.17) is 0 Å². The van der Waals surface area contributed by atoms with Gasteiger partial charge in [-0.25, -0.2) is 4.98 Å². The molecule has 0 radical (unpaired) electrons. The van der Waals surface area contributed by atoms with E-state index >= 15 is 0 Å². The topological polar surface area (TPSA) is 42.7 Å². The predicted octanol–water partition coefficient (Wildman–Crippen LogP) is 2.25. The van der Waals surface area contributed by atoms with Gasteiger partial charge in [0.05, 0.1) is 0 Å². The summed E-state index contributed by atoms with van der Waals surface area (Å²) in [6.45, 7) is 7.68. The molecular weight excluding hydrogens is 212 g/mol. The van der Waals surface area contributed by atoms with Crippen LogP contribution >= 0.6 is 0 Å². The number of aromatic nitrogens is 3. The predicted molar refractivity (Wildman–Crippen MR) is 70.9 cm³/mol. The molecule has 0 aliphatic rings. The quantitative estimate of drug-likeness (QED) is 0.755. The van der Waals surface area contributed by atoms with Gasteiger partial charge in [-0.2, -0.15) is 5.10 Å².